The molecule has 9 heteroatoms. The summed E-state index contributed by atoms with van der Waals surface area (Å²) in [4.78, 5) is 22.9. The third kappa shape index (κ3) is 2.23. The number of carbonyl (C=O) groups excluding carboxylic acids is 1. The van der Waals surface area contributed by atoms with Crippen LogP contribution < -0.4 is 0 Å². The minimum Gasteiger partial charge on any atom is -0.465 e. The summed E-state index contributed by atoms with van der Waals surface area (Å²) in [5, 5.41) is 14.4. The first-order chi connectivity index (χ1) is 8.86. The summed E-state index contributed by atoms with van der Waals surface area (Å²) < 4.78 is 32.2. The standard InChI is InChI=1S/C10H11F2N3O4/c1-2-19-8(16)6-5-3-15(9(17)18)4-10(11,12)7(5)14-13-6/h2-4H2,1H3,(H,13,14)(H,17,18). The lowest BCUT2D eigenvalue weighted by atomic mass is 10.0. The number of rotatable bonds is 2. The maximum atomic E-state index is 13.7. The monoisotopic (exact) mass is 275 g/mol. The van der Waals surface area contributed by atoms with E-state index in [9.17, 15) is 18.4 Å². The predicted octanol–water partition coefficient (Wildman–Crippen LogP) is 1.17. The predicted molar refractivity (Wildman–Crippen MR) is 56.9 cm³/mol. The van der Waals surface area contributed by atoms with Gasteiger partial charge >= 0.3 is 18.0 Å². The van der Waals surface area contributed by atoms with E-state index in [0.29, 0.717) is 4.90 Å². The van der Waals surface area contributed by atoms with Gasteiger partial charge in [0.2, 0.25) is 0 Å². The Balaban J connectivity index is 2.42. The third-order valence-electron chi connectivity index (χ3n) is 2.71. The van der Waals surface area contributed by atoms with Gasteiger partial charge in [-0.2, -0.15) is 13.9 Å². The number of H-pyrrole nitrogens is 1. The number of amides is 1. The quantitative estimate of drug-likeness (QED) is 0.790. The molecule has 0 spiro atoms. The second-order valence-corrected chi connectivity index (χ2v) is 3.99. The normalized spacial score (nSPS) is 16.9. The fraction of sp³-hybridized carbons (Fsp3) is 0.500. The Labute approximate surface area is 106 Å². The summed E-state index contributed by atoms with van der Waals surface area (Å²) in [5.74, 6) is -4.27. The average Bonchev–Trinajstić information content (AvgIpc) is 2.73. The molecule has 1 aromatic heterocycles. The van der Waals surface area contributed by atoms with Gasteiger partial charge in [-0.25, -0.2) is 9.59 Å². The van der Waals surface area contributed by atoms with Crippen LogP contribution in [0.4, 0.5) is 13.6 Å². The fourth-order valence-electron chi connectivity index (χ4n) is 1.89. The molecule has 2 rings (SSSR count). The summed E-state index contributed by atoms with van der Waals surface area (Å²) in [7, 11) is 0. The van der Waals surface area contributed by atoms with E-state index in [1.807, 2.05) is 0 Å². The van der Waals surface area contributed by atoms with Crippen LogP contribution in [-0.4, -0.2) is 45.4 Å². The molecule has 19 heavy (non-hydrogen) atoms. The number of aromatic nitrogens is 2. The minimum atomic E-state index is -3.41. The van der Waals surface area contributed by atoms with Gasteiger partial charge in [-0.3, -0.25) is 10.00 Å². The van der Waals surface area contributed by atoms with Crippen molar-refractivity contribution in [3.05, 3.63) is 17.0 Å². The lowest BCUT2D eigenvalue weighted by molar-refractivity contribution is -0.0499. The second kappa shape index (κ2) is 4.48. The van der Waals surface area contributed by atoms with Gasteiger partial charge in [0.1, 0.15) is 5.69 Å². The molecule has 2 N–H and O–H groups in total. The maximum Gasteiger partial charge on any atom is 0.407 e. The summed E-state index contributed by atoms with van der Waals surface area (Å²) in [5.41, 5.74) is -0.979. The number of esters is 1. The number of fused-ring (bicyclic) bond motifs is 1. The Hall–Kier alpha value is -2.19. The van der Waals surface area contributed by atoms with Crippen LogP contribution >= 0.6 is 0 Å². The van der Waals surface area contributed by atoms with Gasteiger partial charge in [-0.05, 0) is 6.92 Å². The number of ether oxygens (including phenoxy) is 1. The first-order valence-electron chi connectivity index (χ1n) is 5.47. The van der Waals surface area contributed by atoms with E-state index >= 15 is 0 Å². The lowest BCUT2D eigenvalue weighted by Gasteiger charge is -2.30. The SMILES string of the molecule is CCOC(=O)c1n[nH]c2c1CN(C(=O)O)CC2(F)F. The maximum absolute atomic E-state index is 13.7. The van der Waals surface area contributed by atoms with Crippen molar-refractivity contribution in [2.45, 2.75) is 19.4 Å². The summed E-state index contributed by atoms with van der Waals surface area (Å²) in [6.45, 7) is 0.333. The highest BCUT2D eigenvalue weighted by molar-refractivity contribution is 5.89. The van der Waals surface area contributed by atoms with Crippen LogP contribution in [0.1, 0.15) is 28.7 Å². The van der Waals surface area contributed by atoms with Gasteiger partial charge in [0.25, 0.3) is 0 Å². The first-order valence-corrected chi connectivity index (χ1v) is 5.47. The molecule has 0 bridgehead atoms. The van der Waals surface area contributed by atoms with Gasteiger partial charge in [-0.1, -0.05) is 0 Å². The van der Waals surface area contributed by atoms with E-state index in [-0.39, 0.29) is 24.4 Å². The van der Waals surface area contributed by atoms with Crippen LogP contribution in [0.2, 0.25) is 0 Å². The van der Waals surface area contributed by atoms with Crippen molar-refractivity contribution >= 4 is 12.1 Å². The Morgan fingerprint density at radius 1 is 1.58 bits per heavy atom. The van der Waals surface area contributed by atoms with E-state index in [0.717, 1.165) is 0 Å². The number of hydrogen-bond donors (Lipinski definition) is 2. The van der Waals surface area contributed by atoms with Crippen molar-refractivity contribution < 1.29 is 28.2 Å². The Kier molecular flexibility index (Phi) is 3.13. The van der Waals surface area contributed by atoms with Gasteiger partial charge in [0.05, 0.1) is 19.7 Å². The third-order valence-corrected chi connectivity index (χ3v) is 2.71. The van der Waals surface area contributed by atoms with Crippen LogP contribution in [-0.2, 0) is 17.2 Å². The molecule has 1 aliphatic rings. The summed E-state index contributed by atoms with van der Waals surface area (Å²) in [6, 6.07) is 0. The molecular weight excluding hydrogens is 264 g/mol. The van der Waals surface area contributed by atoms with Gasteiger partial charge in [0.15, 0.2) is 5.69 Å². The summed E-state index contributed by atoms with van der Waals surface area (Å²) >= 11 is 0. The largest absolute Gasteiger partial charge is 0.465 e. The number of aromatic amines is 1. The highest BCUT2D eigenvalue weighted by Gasteiger charge is 2.46. The zero-order valence-electron chi connectivity index (χ0n) is 9.94. The van der Waals surface area contributed by atoms with Crippen molar-refractivity contribution in [1.82, 2.24) is 15.1 Å². The Bertz CT molecular complexity index is 529. The van der Waals surface area contributed by atoms with Gasteiger partial charge < -0.3 is 9.84 Å². The van der Waals surface area contributed by atoms with Crippen molar-refractivity contribution in [2.24, 2.45) is 0 Å². The van der Waals surface area contributed by atoms with Gasteiger partial charge in [0, 0.05) is 5.56 Å². The van der Waals surface area contributed by atoms with Gasteiger partial charge in [-0.15, -0.1) is 0 Å². The van der Waals surface area contributed by atoms with E-state index in [1.165, 1.54) is 0 Å². The van der Waals surface area contributed by atoms with E-state index in [4.69, 9.17) is 5.11 Å². The van der Waals surface area contributed by atoms with Crippen molar-refractivity contribution in [1.29, 1.82) is 0 Å². The van der Waals surface area contributed by atoms with E-state index < -0.39 is 30.2 Å². The molecule has 0 aliphatic carbocycles. The van der Waals surface area contributed by atoms with Crippen LogP contribution in [0.3, 0.4) is 0 Å². The average molecular weight is 275 g/mol. The molecule has 104 valence electrons. The number of halogens is 2. The molecule has 0 unspecified atom stereocenters. The molecule has 1 aromatic rings. The molecule has 2 heterocycles. The molecule has 0 atom stereocenters. The number of carbonyl (C=O) groups is 2. The molecule has 7 nitrogen and oxygen atoms in total. The Morgan fingerprint density at radius 3 is 2.84 bits per heavy atom. The van der Waals surface area contributed by atoms with Crippen molar-refractivity contribution in [3.63, 3.8) is 0 Å². The molecule has 1 amide bonds. The molecule has 0 radical (unpaired) electrons. The molecular formula is C10H11F2N3O4. The van der Waals surface area contributed by atoms with Crippen LogP contribution in [0.25, 0.3) is 0 Å². The van der Waals surface area contributed by atoms with E-state index in [2.05, 4.69) is 14.9 Å². The summed E-state index contributed by atoms with van der Waals surface area (Å²) in [6.07, 6.45) is -1.48. The van der Waals surface area contributed by atoms with Crippen LogP contribution in [0, 0.1) is 0 Å². The van der Waals surface area contributed by atoms with Crippen LogP contribution in [0.15, 0.2) is 0 Å². The fourth-order valence-corrected chi connectivity index (χ4v) is 1.89. The second-order valence-electron chi connectivity index (χ2n) is 3.99. The molecule has 0 saturated carbocycles. The minimum absolute atomic E-state index is 0.0690. The molecule has 0 aromatic carbocycles. The van der Waals surface area contributed by atoms with Crippen molar-refractivity contribution in [2.75, 3.05) is 13.2 Å². The van der Waals surface area contributed by atoms with Crippen molar-refractivity contribution in [3.8, 4) is 0 Å². The number of hydrogen-bond acceptors (Lipinski definition) is 4. The highest BCUT2D eigenvalue weighted by Crippen LogP contribution is 2.36. The molecule has 0 fully saturated rings. The number of nitrogens with one attached hydrogen (secondary N) is 1. The topological polar surface area (TPSA) is 95.5 Å². The van der Waals surface area contributed by atoms with E-state index in [1.54, 1.807) is 6.92 Å². The zero-order valence-corrected chi connectivity index (χ0v) is 9.94. The zero-order chi connectivity index (χ0) is 14.2. The highest BCUT2D eigenvalue weighted by atomic mass is 19.3. The van der Waals surface area contributed by atoms with Crippen LogP contribution in [0.5, 0.6) is 0 Å². The number of carboxylic acid groups (broad SMARTS) is 1. The number of nitrogens with zero attached hydrogens (tertiary/aromatic N) is 2. The molecule has 0 saturated heterocycles. The number of alkyl halides is 2. The molecule has 1 aliphatic heterocycles. The lowest BCUT2D eigenvalue weighted by Crippen LogP contribution is -2.43. The first kappa shape index (κ1) is 13.2. The Morgan fingerprint density at radius 2 is 2.26 bits per heavy atom. The smallest absolute Gasteiger partial charge is 0.407 e.